The molecule has 0 aliphatic carbocycles. The minimum absolute atomic E-state index is 0.0789. The monoisotopic (exact) mass is 310 g/mol. The van der Waals surface area contributed by atoms with Crippen LogP contribution in [0.15, 0.2) is 29.2 Å². The zero-order valence-electron chi connectivity index (χ0n) is 10.7. The molecule has 0 saturated carbocycles. The van der Waals surface area contributed by atoms with Crippen LogP contribution in [0.25, 0.3) is 0 Å². The first-order chi connectivity index (χ1) is 8.82. The van der Waals surface area contributed by atoms with E-state index in [9.17, 15) is 16.9 Å². The van der Waals surface area contributed by atoms with Crippen LogP contribution in [0, 0.1) is 0 Å². The second kappa shape index (κ2) is 6.61. The van der Waals surface area contributed by atoms with Crippen molar-refractivity contribution < 1.29 is 25.9 Å². The minimum Gasteiger partial charge on any atom is -0.309 e. The van der Waals surface area contributed by atoms with E-state index in [-0.39, 0.29) is 24.9 Å². The average Bonchev–Trinajstić information content (AvgIpc) is 2.28. The van der Waals surface area contributed by atoms with Crippen molar-refractivity contribution in [2.24, 2.45) is 0 Å². The van der Waals surface area contributed by atoms with Crippen molar-refractivity contribution >= 4 is 17.8 Å². The molecule has 0 saturated heterocycles. The van der Waals surface area contributed by atoms with Gasteiger partial charge < -0.3 is 9.05 Å². The Morgan fingerprint density at radius 1 is 1.16 bits per heavy atom. The number of hydrogen-bond acceptors (Lipinski definition) is 5. The van der Waals surface area contributed by atoms with Crippen molar-refractivity contribution in [3.8, 4) is 0 Å². The molecular formula is C11H16FO5PS. The van der Waals surface area contributed by atoms with Gasteiger partial charge in [-0.2, -0.15) is 8.42 Å². The molecule has 0 atom stereocenters. The van der Waals surface area contributed by atoms with Crippen molar-refractivity contribution in [3.05, 3.63) is 29.8 Å². The Labute approximate surface area is 112 Å². The van der Waals surface area contributed by atoms with Crippen LogP contribution in [-0.4, -0.2) is 21.6 Å². The molecule has 0 bridgehead atoms. The van der Waals surface area contributed by atoms with Crippen LogP contribution in [0.3, 0.4) is 0 Å². The van der Waals surface area contributed by atoms with E-state index in [0.717, 1.165) is 6.07 Å². The van der Waals surface area contributed by atoms with Crippen molar-refractivity contribution in [3.63, 3.8) is 0 Å². The first-order valence-electron chi connectivity index (χ1n) is 5.73. The van der Waals surface area contributed by atoms with Gasteiger partial charge in [-0.1, -0.05) is 18.2 Å². The molecule has 0 spiro atoms. The van der Waals surface area contributed by atoms with E-state index in [1.807, 2.05) is 0 Å². The third kappa shape index (κ3) is 4.69. The Kier molecular flexibility index (Phi) is 5.67. The third-order valence-electron chi connectivity index (χ3n) is 2.25. The highest BCUT2D eigenvalue weighted by molar-refractivity contribution is 7.86. The second-order valence-corrected chi connectivity index (χ2v) is 7.02. The van der Waals surface area contributed by atoms with Crippen molar-refractivity contribution in [1.29, 1.82) is 0 Å². The zero-order chi connectivity index (χ0) is 14.5. The van der Waals surface area contributed by atoms with Crippen molar-refractivity contribution in [2.75, 3.05) is 13.2 Å². The van der Waals surface area contributed by atoms with E-state index >= 15 is 0 Å². The molecule has 0 amide bonds. The van der Waals surface area contributed by atoms with E-state index < -0.39 is 22.7 Å². The number of halogens is 1. The van der Waals surface area contributed by atoms with Crippen molar-refractivity contribution in [1.82, 2.24) is 0 Å². The Balaban J connectivity index is 3.14. The lowest BCUT2D eigenvalue weighted by Crippen LogP contribution is -2.03. The molecule has 1 rings (SSSR count). The Hall–Kier alpha value is -0.750. The van der Waals surface area contributed by atoms with E-state index in [4.69, 9.17) is 9.05 Å². The molecule has 1 aromatic rings. The molecule has 0 unspecified atom stereocenters. The van der Waals surface area contributed by atoms with Gasteiger partial charge in [0.2, 0.25) is 0 Å². The predicted molar refractivity (Wildman–Crippen MR) is 69.3 cm³/mol. The van der Waals surface area contributed by atoms with Gasteiger partial charge in [-0.05, 0) is 25.5 Å². The normalized spacial score (nSPS) is 12.6. The summed E-state index contributed by atoms with van der Waals surface area (Å²) in [6.45, 7) is 3.59. The van der Waals surface area contributed by atoms with Crippen molar-refractivity contribution in [2.45, 2.75) is 24.9 Å². The smallest absolute Gasteiger partial charge is 0.309 e. The first-order valence-corrected chi connectivity index (χ1v) is 8.84. The van der Waals surface area contributed by atoms with Gasteiger partial charge in [-0.15, -0.1) is 3.89 Å². The molecule has 8 heteroatoms. The molecular weight excluding hydrogens is 294 g/mol. The van der Waals surface area contributed by atoms with Gasteiger partial charge >= 0.3 is 17.8 Å². The topological polar surface area (TPSA) is 69.7 Å². The molecule has 0 N–H and O–H groups in total. The van der Waals surface area contributed by atoms with Crippen LogP contribution in [0.4, 0.5) is 3.89 Å². The van der Waals surface area contributed by atoms with E-state index in [1.54, 1.807) is 13.8 Å². The Bertz CT molecular complexity index is 562. The summed E-state index contributed by atoms with van der Waals surface area (Å²) in [7, 11) is -8.34. The van der Waals surface area contributed by atoms with Gasteiger partial charge in [0.05, 0.1) is 19.4 Å². The van der Waals surface area contributed by atoms with Crippen LogP contribution in [0.2, 0.25) is 0 Å². The summed E-state index contributed by atoms with van der Waals surface area (Å²) in [4.78, 5) is -0.505. The first kappa shape index (κ1) is 16.3. The Morgan fingerprint density at radius 3 is 2.16 bits per heavy atom. The number of benzene rings is 1. The maximum atomic E-state index is 13.1. The fraction of sp³-hybridized carbons (Fsp3) is 0.455. The molecule has 19 heavy (non-hydrogen) atoms. The molecule has 1 aromatic carbocycles. The van der Waals surface area contributed by atoms with Gasteiger partial charge in [0.1, 0.15) is 4.90 Å². The number of hydrogen-bond donors (Lipinski definition) is 0. The summed E-state index contributed by atoms with van der Waals surface area (Å²) in [5.41, 5.74) is 0.0789. The summed E-state index contributed by atoms with van der Waals surface area (Å²) in [5.74, 6) is 0. The van der Waals surface area contributed by atoms with E-state index in [1.165, 1.54) is 18.2 Å². The summed E-state index contributed by atoms with van der Waals surface area (Å²) < 4.78 is 57.6. The van der Waals surface area contributed by atoms with Gasteiger partial charge in [0, 0.05) is 0 Å². The Morgan fingerprint density at radius 2 is 1.68 bits per heavy atom. The third-order valence-corrected chi connectivity index (χ3v) is 5.21. The van der Waals surface area contributed by atoms with Crippen LogP contribution in [0.5, 0.6) is 0 Å². The summed E-state index contributed by atoms with van der Waals surface area (Å²) >= 11 is 0. The van der Waals surface area contributed by atoms with Gasteiger partial charge in [-0.25, -0.2) is 0 Å². The molecule has 0 aliphatic rings. The van der Waals surface area contributed by atoms with Crippen LogP contribution >= 0.6 is 7.60 Å². The predicted octanol–water partition coefficient (Wildman–Crippen LogP) is 3.11. The highest BCUT2D eigenvalue weighted by Crippen LogP contribution is 2.52. The molecule has 0 fully saturated rings. The molecule has 0 aromatic heterocycles. The lowest BCUT2D eigenvalue weighted by molar-refractivity contribution is 0.219. The summed E-state index contributed by atoms with van der Waals surface area (Å²) in [6.07, 6.45) is -0.284. The van der Waals surface area contributed by atoms with Gasteiger partial charge in [0.15, 0.2) is 0 Å². The van der Waals surface area contributed by atoms with Crippen LogP contribution in [0.1, 0.15) is 19.4 Å². The molecule has 108 valence electrons. The molecule has 0 heterocycles. The lowest BCUT2D eigenvalue weighted by atomic mass is 10.2. The van der Waals surface area contributed by atoms with Gasteiger partial charge in [0.25, 0.3) is 0 Å². The summed E-state index contributed by atoms with van der Waals surface area (Å²) in [5, 5.41) is 0. The second-order valence-electron chi connectivity index (χ2n) is 3.65. The van der Waals surface area contributed by atoms with Crippen LogP contribution in [-0.2, 0) is 30.0 Å². The molecule has 0 aliphatic heterocycles. The van der Waals surface area contributed by atoms with Gasteiger partial charge in [-0.3, -0.25) is 4.57 Å². The fourth-order valence-electron chi connectivity index (χ4n) is 1.60. The highest BCUT2D eigenvalue weighted by atomic mass is 32.3. The number of rotatable bonds is 7. The maximum Gasteiger partial charge on any atom is 0.335 e. The standard InChI is InChI=1S/C11H16FO5PS/c1-3-16-18(13,17-4-2)9-10-7-5-6-8-11(10)19(12,14)15/h5-8H,3-4,9H2,1-2H3. The largest absolute Gasteiger partial charge is 0.335 e. The quantitative estimate of drug-likeness (QED) is 0.571. The molecule has 0 radical (unpaired) electrons. The molecule has 5 nitrogen and oxygen atoms in total. The van der Waals surface area contributed by atoms with Crippen LogP contribution < -0.4 is 0 Å². The zero-order valence-corrected chi connectivity index (χ0v) is 12.4. The average molecular weight is 310 g/mol. The lowest BCUT2D eigenvalue weighted by Gasteiger charge is -2.17. The SMILES string of the molecule is CCOP(=O)(Cc1ccccc1S(=O)(=O)F)OCC. The van der Waals surface area contributed by atoms with E-state index in [2.05, 4.69) is 0 Å². The van der Waals surface area contributed by atoms with E-state index in [0.29, 0.717) is 0 Å². The fourth-order valence-corrected chi connectivity index (χ4v) is 4.14. The minimum atomic E-state index is -4.87. The highest BCUT2D eigenvalue weighted by Gasteiger charge is 2.28. The summed E-state index contributed by atoms with van der Waals surface area (Å²) in [6, 6.07) is 5.43. The maximum absolute atomic E-state index is 13.1.